The van der Waals surface area contributed by atoms with E-state index in [0.717, 1.165) is 6.42 Å². The van der Waals surface area contributed by atoms with Crippen LogP contribution < -0.4 is 5.73 Å². The van der Waals surface area contributed by atoms with E-state index >= 15 is 0 Å². The van der Waals surface area contributed by atoms with Crippen LogP contribution in [-0.2, 0) is 17.8 Å². The van der Waals surface area contributed by atoms with Gasteiger partial charge in [0.25, 0.3) is 0 Å². The van der Waals surface area contributed by atoms with Crippen LogP contribution in [0.2, 0.25) is 0 Å². The molecule has 0 bridgehead atoms. The minimum atomic E-state index is -4.18. The fourth-order valence-electron chi connectivity index (χ4n) is 1.37. The first-order valence-electron chi connectivity index (χ1n) is 5.82. The highest BCUT2D eigenvalue weighted by Gasteiger charge is 2.41. The Morgan fingerprint density at radius 2 is 2.00 bits per heavy atom. The van der Waals surface area contributed by atoms with Gasteiger partial charge in [-0.25, -0.2) is 18.7 Å². The Labute approximate surface area is 127 Å². The van der Waals surface area contributed by atoms with E-state index in [-0.39, 0.29) is 18.2 Å². The summed E-state index contributed by atoms with van der Waals surface area (Å²) in [6.07, 6.45) is -2.28. The largest absolute Gasteiger partial charge is 0.383 e. The first kappa shape index (κ1) is 17.3. The normalized spacial score (nSPS) is 12.2. The summed E-state index contributed by atoms with van der Waals surface area (Å²) in [6.45, 7) is 0.177. The van der Waals surface area contributed by atoms with Crippen LogP contribution >= 0.6 is 22.6 Å². The number of halogens is 5. The summed E-state index contributed by atoms with van der Waals surface area (Å²) < 4.78 is 54.4. The zero-order chi connectivity index (χ0) is 15.3. The van der Waals surface area contributed by atoms with Crippen molar-refractivity contribution in [3.8, 4) is 0 Å². The molecule has 1 heterocycles. The molecule has 0 amide bonds. The predicted molar refractivity (Wildman–Crippen MR) is 73.8 cm³/mol. The van der Waals surface area contributed by atoms with Crippen molar-refractivity contribution in [2.75, 3.05) is 12.3 Å². The van der Waals surface area contributed by atoms with Crippen LogP contribution in [0.1, 0.15) is 24.9 Å². The van der Waals surface area contributed by atoms with E-state index in [4.69, 9.17) is 5.73 Å². The van der Waals surface area contributed by atoms with Gasteiger partial charge >= 0.3 is 12.3 Å². The second-order valence-corrected chi connectivity index (χ2v) is 5.17. The van der Waals surface area contributed by atoms with Crippen molar-refractivity contribution in [3.05, 3.63) is 15.1 Å². The van der Waals surface area contributed by atoms with Crippen LogP contribution in [-0.4, -0.2) is 28.9 Å². The van der Waals surface area contributed by atoms with Gasteiger partial charge in [-0.2, -0.15) is 8.78 Å². The molecule has 0 spiro atoms. The van der Waals surface area contributed by atoms with Crippen LogP contribution in [0, 0.1) is 3.57 Å². The van der Waals surface area contributed by atoms with Gasteiger partial charge in [0.2, 0.25) is 0 Å². The smallest absolute Gasteiger partial charge is 0.330 e. The topological polar surface area (TPSA) is 61.0 Å². The zero-order valence-electron chi connectivity index (χ0n) is 10.7. The lowest BCUT2D eigenvalue weighted by Crippen LogP contribution is -2.32. The lowest BCUT2D eigenvalue weighted by atomic mass is 10.2. The first-order chi connectivity index (χ1) is 9.27. The standard InChI is InChI=1S/C11H14F4IN3O/c1-2-3-6-8(16)9(17)19-7(18-6)4-20-5-11(14,15)10(12)13/h10H,2-5H2,1H3,(H2,17,18,19). The zero-order valence-corrected chi connectivity index (χ0v) is 12.8. The Kier molecular flexibility index (Phi) is 6.37. The van der Waals surface area contributed by atoms with E-state index in [1.807, 2.05) is 29.5 Å². The fourth-order valence-corrected chi connectivity index (χ4v) is 1.89. The number of nitrogen functional groups attached to an aromatic ring is 1. The number of rotatable bonds is 7. The highest BCUT2D eigenvalue weighted by Crippen LogP contribution is 2.23. The molecule has 0 aliphatic carbocycles. The summed E-state index contributed by atoms with van der Waals surface area (Å²) in [6, 6.07) is 0. The van der Waals surface area contributed by atoms with E-state index < -0.39 is 19.0 Å². The molecule has 9 heteroatoms. The molecular formula is C11H14F4IN3O. The highest BCUT2D eigenvalue weighted by molar-refractivity contribution is 14.1. The molecule has 0 aliphatic heterocycles. The Hall–Kier alpha value is -0.710. The summed E-state index contributed by atoms with van der Waals surface area (Å²) >= 11 is 1.99. The number of hydrogen-bond donors (Lipinski definition) is 1. The number of aryl methyl sites for hydroxylation is 1. The second-order valence-electron chi connectivity index (χ2n) is 4.09. The fraction of sp³-hybridized carbons (Fsp3) is 0.636. The first-order valence-corrected chi connectivity index (χ1v) is 6.90. The van der Waals surface area contributed by atoms with Gasteiger partial charge in [-0.1, -0.05) is 13.3 Å². The molecule has 4 nitrogen and oxygen atoms in total. The van der Waals surface area contributed by atoms with Gasteiger partial charge in [-0.15, -0.1) is 0 Å². The molecule has 0 atom stereocenters. The number of hydrogen-bond acceptors (Lipinski definition) is 4. The Morgan fingerprint density at radius 3 is 2.55 bits per heavy atom. The number of nitrogens with zero attached hydrogens (tertiary/aromatic N) is 2. The monoisotopic (exact) mass is 407 g/mol. The number of aromatic nitrogens is 2. The van der Waals surface area contributed by atoms with E-state index in [1.54, 1.807) is 0 Å². The number of ether oxygens (including phenoxy) is 1. The Bertz CT molecular complexity index is 460. The molecule has 0 aromatic carbocycles. The van der Waals surface area contributed by atoms with Crippen molar-refractivity contribution in [2.45, 2.75) is 38.7 Å². The predicted octanol–water partition coefficient (Wildman–Crippen LogP) is 3.03. The van der Waals surface area contributed by atoms with Gasteiger partial charge in [-0.05, 0) is 29.0 Å². The molecule has 1 aromatic rings. The van der Waals surface area contributed by atoms with Gasteiger partial charge in [0, 0.05) is 0 Å². The average molecular weight is 407 g/mol. The van der Waals surface area contributed by atoms with Crippen LogP contribution in [0.15, 0.2) is 0 Å². The van der Waals surface area contributed by atoms with E-state index in [9.17, 15) is 17.6 Å². The summed E-state index contributed by atoms with van der Waals surface area (Å²) in [5, 5.41) is 0. The van der Waals surface area contributed by atoms with Gasteiger partial charge in [0.15, 0.2) is 5.82 Å². The third-order valence-corrected chi connectivity index (χ3v) is 3.50. The van der Waals surface area contributed by atoms with Crippen molar-refractivity contribution >= 4 is 28.4 Å². The van der Waals surface area contributed by atoms with Gasteiger partial charge in [-0.3, -0.25) is 0 Å². The van der Waals surface area contributed by atoms with E-state index in [1.165, 1.54) is 0 Å². The molecule has 1 rings (SSSR count). The van der Waals surface area contributed by atoms with Gasteiger partial charge in [0.1, 0.15) is 19.0 Å². The molecule has 1 aromatic heterocycles. The second kappa shape index (κ2) is 7.34. The number of alkyl halides is 4. The maximum absolute atomic E-state index is 12.7. The molecule has 0 saturated heterocycles. The summed E-state index contributed by atoms with van der Waals surface area (Å²) in [5.41, 5.74) is 6.37. The molecule has 0 fully saturated rings. The van der Waals surface area contributed by atoms with E-state index in [0.29, 0.717) is 15.7 Å². The Morgan fingerprint density at radius 1 is 1.35 bits per heavy atom. The SMILES string of the molecule is CCCc1nc(COCC(F)(F)C(F)F)nc(N)c1I. The van der Waals surface area contributed by atoms with Crippen molar-refractivity contribution in [1.29, 1.82) is 0 Å². The van der Waals surface area contributed by atoms with Crippen molar-refractivity contribution in [1.82, 2.24) is 9.97 Å². The third-order valence-electron chi connectivity index (χ3n) is 2.32. The molecule has 0 aliphatic rings. The van der Waals surface area contributed by atoms with Crippen molar-refractivity contribution in [2.24, 2.45) is 0 Å². The lowest BCUT2D eigenvalue weighted by molar-refractivity contribution is -0.168. The number of anilines is 1. The van der Waals surface area contributed by atoms with Crippen molar-refractivity contribution < 1.29 is 22.3 Å². The van der Waals surface area contributed by atoms with Gasteiger partial charge < -0.3 is 10.5 Å². The third kappa shape index (κ3) is 4.69. The van der Waals surface area contributed by atoms with E-state index in [2.05, 4.69) is 14.7 Å². The maximum Gasteiger partial charge on any atom is 0.330 e. The average Bonchev–Trinajstić information content (AvgIpc) is 2.35. The summed E-state index contributed by atoms with van der Waals surface area (Å²) in [7, 11) is 0. The molecule has 0 saturated carbocycles. The van der Waals surface area contributed by atoms with Crippen LogP contribution in [0.3, 0.4) is 0 Å². The van der Waals surface area contributed by atoms with Crippen LogP contribution in [0.25, 0.3) is 0 Å². The molecule has 2 N–H and O–H groups in total. The Balaban J connectivity index is 2.69. The molecule has 114 valence electrons. The molecular weight excluding hydrogens is 393 g/mol. The van der Waals surface area contributed by atoms with Crippen molar-refractivity contribution in [3.63, 3.8) is 0 Å². The summed E-state index contributed by atoms with van der Waals surface area (Å²) in [5.74, 6) is -3.85. The minimum Gasteiger partial charge on any atom is -0.383 e. The van der Waals surface area contributed by atoms with Crippen LogP contribution in [0.4, 0.5) is 23.4 Å². The molecule has 0 radical (unpaired) electrons. The molecule has 20 heavy (non-hydrogen) atoms. The van der Waals surface area contributed by atoms with Crippen LogP contribution in [0.5, 0.6) is 0 Å². The quantitative estimate of drug-likeness (QED) is 0.558. The summed E-state index contributed by atoms with van der Waals surface area (Å²) in [4.78, 5) is 8.01. The van der Waals surface area contributed by atoms with Gasteiger partial charge in [0.05, 0.1) is 9.26 Å². The number of nitrogens with two attached hydrogens (primary N) is 1. The highest BCUT2D eigenvalue weighted by atomic mass is 127. The lowest BCUT2D eigenvalue weighted by Gasteiger charge is -2.15. The maximum atomic E-state index is 12.7. The minimum absolute atomic E-state index is 0.108. The molecule has 0 unspecified atom stereocenters.